The molecular weight excluding hydrogens is 377 g/mol. The van der Waals surface area contributed by atoms with Gasteiger partial charge in [0.1, 0.15) is 0 Å². The maximum absolute atomic E-state index is 6.26. The Morgan fingerprint density at radius 1 is 1.20 bits per heavy atom. The largest absolute Gasteiger partial charge is 0.312 e. The van der Waals surface area contributed by atoms with Crippen LogP contribution in [0.25, 0.3) is 0 Å². The first-order chi connectivity index (χ1) is 9.60. The molecule has 1 unspecified atom stereocenters. The van der Waals surface area contributed by atoms with Gasteiger partial charge in [-0.15, -0.1) is 11.8 Å². The predicted molar refractivity (Wildman–Crippen MR) is 93.1 cm³/mol. The molecule has 0 aliphatic rings. The lowest BCUT2D eigenvalue weighted by molar-refractivity contribution is 0.662. The lowest BCUT2D eigenvalue weighted by atomic mass is 10.1. The summed E-state index contributed by atoms with van der Waals surface area (Å²) in [5.74, 6) is 0.882. The Hall–Kier alpha value is -0.190. The van der Waals surface area contributed by atoms with Crippen molar-refractivity contribution in [3.8, 4) is 0 Å². The van der Waals surface area contributed by atoms with Crippen molar-refractivity contribution in [2.24, 2.45) is 0 Å². The second-order valence-electron chi connectivity index (χ2n) is 4.28. The lowest BCUT2D eigenvalue weighted by Crippen LogP contribution is -2.19. The molecule has 0 aliphatic heterocycles. The van der Waals surface area contributed by atoms with Gasteiger partial charge >= 0.3 is 0 Å². The molecule has 0 saturated heterocycles. The van der Waals surface area contributed by atoms with E-state index in [0.29, 0.717) is 5.02 Å². The Balaban J connectivity index is 2.11. The van der Waals surface area contributed by atoms with Crippen LogP contribution >= 0.6 is 50.9 Å². The van der Waals surface area contributed by atoms with Gasteiger partial charge in [-0.1, -0.05) is 45.2 Å². The quantitative estimate of drug-likeness (QED) is 0.646. The lowest BCUT2D eigenvalue weighted by Gasteiger charge is -2.18. The molecule has 0 bridgehead atoms. The first kappa shape index (κ1) is 16.2. The van der Waals surface area contributed by atoms with Crippen molar-refractivity contribution in [1.29, 1.82) is 0 Å². The average molecular weight is 391 g/mol. The summed E-state index contributed by atoms with van der Waals surface area (Å²) < 4.78 is 1.09. The van der Waals surface area contributed by atoms with Crippen LogP contribution in [0.3, 0.4) is 0 Å². The van der Waals surface area contributed by atoms with Crippen LogP contribution in [0.15, 0.2) is 51.8 Å². The van der Waals surface area contributed by atoms with Crippen molar-refractivity contribution in [1.82, 2.24) is 5.32 Å². The Morgan fingerprint density at radius 2 is 2.00 bits per heavy atom. The minimum absolute atomic E-state index is 0.158. The molecule has 0 amide bonds. The van der Waals surface area contributed by atoms with Gasteiger partial charge in [-0.2, -0.15) is 0 Å². The fourth-order valence-electron chi connectivity index (χ4n) is 1.85. The molecule has 0 aromatic heterocycles. The molecule has 1 N–H and O–H groups in total. The van der Waals surface area contributed by atoms with E-state index in [1.807, 2.05) is 37.4 Å². The zero-order valence-electron chi connectivity index (χ0n) is 10.9. The van der Waals surface area contributed by atoms with Crippen LogP contribution in [-0.2, 0) is 0 Å². The fraction of sp³-hybridized carbons (Fsp3) is 0.200. The number of nitrogens with one attached hydrogen (secondary N) is 1. The molecule has 0 radical (unpaired) electrons. The van der Waals surface area contributed by atoms with E-state index < -0.39 is 0 Å². The Bertz CT molecular complexity index is 592. The minimum atomic E-state index is 0.158. The van der Waals surface area contributed by atoms with Crippen molar-refractivity contribution in [2.45, 2.75) is 10.9 Å². The van der Waals surface area contributed by atoms with Gasteiger partial charge in [0.15, 0.2) is 0 Å². The number of benzene rings is 2. The van der Waals surface area contributed by atoms with Gasteiger partial charge in [-0.3, -0.25) is 0 Å². The van der Waals surface area contributed by atoms with E-state index in [0.717, 1.165) is 20.8 Å². The predicted octanol–water partition coefficient (Wildman–Crippen LogP) is 5.81. The van der Waals surface area contributed by atoms with E-state index in [2.05, 4.69) is 33.4 Å². The zero-order valence-corrected chi connectivity index (χ0v) is 14.8. The van der Waals surface area contributed by atoms with Crippen molar-refractivity contribution in [2.75, 3.05) is 12.8 Å². The maximum atomic E-state index is 6.26. The molecule has 0 heterocycles. The standard InChI is InChI=1S/C15H14BrCl2NS/c1-19-15(13-8-11(17)5-6-14(13)18)9-20-12-4-2-3-10(16)7-12/h2-8,15,19H,9H2,1H3. The summed E-state index contributed by atoms with van der Waals surface area (Å²) in [4.78, 5) is 1.22. The number of thioether (sulfide) groups is 1. The van der Waals surface area contributed by atoms with Crippen LogP contribution < -0.4 is 5.32 Å². The first-order valence-electron chi connectivity index (χ1n) is 6.10. The fourth-order valence-corrected chi connectivity index (χ4v) is 3.92. The normalized spacial score (nSPS) is 12.4. The monoisotopic (exact) mass is 389 g/mol. The van der Waals surface area contributed by atoms with Crippen LogP contribution in [0.5, 0.6) is 0 Å². The Labute approximate surface area is 142 Å². The average Bonchev–Trinajstić information content (AvgIpc) is 2.43. The highest BCUT2D eigenvalue weighted by atomic mass is 79.9. The smallest absolute Gasteiger partial charge is 0.0455 e. The molecule has 106 valence electrons. The molecule has 0 fully saturated rings. The van der Waals surface area contributed by atoms with Gasteiger partial charge in [0, 0.05) is 31.2 Å². The third-order valence-electron chi connectivity index (χ3n) is 2.89. The highest BCUT2D eigenvalue weighted by molar-refractivity contribution is 9.10. The topological polar surface area (TPSA) is 12.0 Å². The third kappa shape index (κ3) is 4.40. The van der Waals surface area contributed by atoms with E-state index in [1.54, 1.807) is 11.8 Å². The van der Waals surface area contributed by atoms with E-state index in [-0.39, 0.29) is 6.04 Å². The van der Waals surface area contributed by atoms with E-state index in [1.165, 1.54) is 4.90 Å². The van der Waals surface area contributed by atoms with E-state index >= 15 is 0 Å². The number of rotatable bonds is 5. The second-order valence-corrected chi connectivity index (χ2v) is 7.13. The maximum Gasteiger partial charge on any atom is 0.0455 e. The zero-order chi connectivity index (χ0) is 14.5. The molecule has 0 saturated carbocycles. The molecule has 1 atom stereocenters. The molecule has 2 rings (SSSR count). The van der Waals surface area contributed by atoms with Crippen molar-refractivity contribution in [3.05, 3.63) is 62.5 Å². The van der Waals surface area contributed by atoms with E-state index in [4.69, 9.17) is 23.2 Å². The third-order valence-corrected chi connectivity index (χ3v) is 5.05. The molecule has 1 nitrogen and oxygen atoms in total. The first-order valence-corrected chi connectivity index (χ1v) is 8.64. The highest BCUT2D eigenvalue weighted by Crippen LogP contribution is 2.31. The molecular formula is C15H14BrCl2NS. The van der Waals surface area contributed by atoms with Gasteiger partial charge in [0.05, 0.1) is 0 Å². The highest BCUT2D eigenvalue weighted by Gasteiger charge is 2.14. The van der Waals surface area contributed by atoms with Gasteiger partial charge in [-0.05, 0) is 49.0 Å². The molecule has 0 aliphatic carbocycles. The summed E-state index contributed by atoms with van der Waals surface area (Å²) in [6.07, 6.45) is 0. The molecule has 0 spiro atoms. The van der Waals surface area contributed by atoms with Crippen molar-refractivity contribution >= 4 is 50.9 Å². The molecule has 2 aromatic rings. The van der Waals surface area contributed by atoms with Crippen molar-refractivity contribution in [3.63, 3.8) is 0 Å². The van der Waals surface area contributed by atoms with Crippen molar-refractivity contribution < 1.29 is 0 Å². The molecule has 2 aromatic carbocycles. The molecule has 20 heavy (non-hydrogen) atoms. The van der Waals surface area contributed by atoms with Gasteiger partial charge in [-0.25, -0.2) is 0 Å². The summed E-state index contributed by atoms with van der Waals surface area (Å²) in [7, 11) is 1.93. The number of hydrogen-bond donors (Lipinski definition) is 1. The van der Waals surface area contributed by atoms with Crippen LogP contribution in [0, 0.1) is 0 Å². The van der Waals surface area contributed by atoms with Crippen LogP contribution in [0.1, 0.15) is 11.6 Å². The summed E-state index contributed by atoms with van der Waals surface area (Å²) in [6.45, 7) is 0. The summed E-state index contributed by atoms with van der Waals surface area (Å²) in [5.41, 5.74) is 1.03. The minimum Gasteiger partial charge on any atom is -0.312 e. The second kappa shape index (κ2) is 7.71. The number of halogens is 3. The van der Waals surface area contributed by atoms with Gasteiger partial charge < -0.3 is 5.32 Å². The van der Waals surface area contributed by atoms with Crippen LogP contribution in [-0.4, -0.2) is 12.8 Å². The van der Waals surface area contributed by atoms with Crippen LogP contribution in [0.4, 0.5) is 0 Å². The summed E-state index contributed by atoms with van der Waals surface area (Å²) in [6, 6.07) is 14.0. The van der Waals surface area contributed by atoms with Gasteiger partial charge in [0.2, 0.25) is 0 Å². The van der Waals surface area contributed by atoms with E-state index in [9.17, 15) is 0 Å². The summed E-state index contributed by atoms with van der Waals surface area (Å²) in [5, 5.41) is 4.74. The van der Waals surface area contributed by atoms with Crippen LogP contribution in [0.2, 0.25) is 10.0 Å². The SMILES string of the molecule is CNC(CSc1cccc(Br)c1)c1cc(Cl)ccc1Cl. The number of hydrogen-bond acceptors (Lipinski definition) is 2. The van der Waals surface area contributed by atoms with Gasteiger partial charge in [0.25, 0.3) is 0 Å². The summed E-state index contributed by atoms with van der Waals surface area (Å²) >= 11 is 17.6. The molecule has 5 heteroatoms. The Morgan fingerprint density at radius 3 is 2.70 bits per heavy atom. The Kier molecular flexibility index (Phi) is 6.24.